The van der Waals surface area contributed by atoms with Crippen LogP contribution in [-0.2, 0) is 22.3 Å². The van der Waals surface area contributed by atoms with Crippen LogP contribution in [0.3, 0.4) is 0 Å². The molecule has 0 fully saturated rings. The van der Waals surface area contributed by atoms with Crippen LogP contribution in [0.1, 0.15) is 23.2 Å². The van der Waals surface area contributed by atoms with Crippen molar-refractivity contribution in [3.63, 3.8) is 0 Å². The van der Waals surface area contributed by atoms with Crippen LogP contribution in [0.15, 0.2) is 33.2 Å². The van der Waals surface area contributed by atoms with Gasteiger partial charge in [-0.15, -0.1) is 0 Å². The van der Waals surface area contributed by atoms with Gasteiger partial charge < -0.3 is 13.7 Å². The van der Waals surface area contributed by atoms with Crippen LogP contribution < -0.4 is 4.74 Å². The van der Waals surface area contributed by atoms with Crippen LogP contribution >= 0.6 is 0 Å². The van der Waals surface area contributed by atoms with E-state index in [9.17, 15) is 4.21 Å². The standard InChI is InChI=1S/C16H17N3O4S/c1-10-11(2)22-14(17-10)8-24(20)9-15-18-16(19-23-15)12-4-6-13(21-3)7-5-12/h4-7H,8-9H2,1-3H3/t24-/m1/s1. The number of nitrogens with zero attached hydrogens (tertiary/aromatic N) is 3. The fraction of sp³-hybridized carbons (Fsp3) is 0.312. The Labute approximate surface area is 141 Å². The Hall–Kier alpha value is -2.48. The van der Waals surface area contributed by atoms with Crippen molar-refractivity contribution in [3.8, 4) is 17.1 Å². The minimum Gasteiger partial charge on any atom is -0.497 e. The lowest BCUT2D eigenvalue weighted by Crippen LogP contribution is -2.00. The second-order valence-corrected chi connectivity index (χ2v) is 6.67. The Balaban J connectivity index is 1.65. The van der Waals surface area contributed by atoms with E-state index >= 15 is 0 Å². The Kier molecular flexibility index (Phi) is 4.75. The largest absolute Gasteiger partial charge is 0.497 e. The number of hydrogen-bond acceptors (Lipinski definition) is 7. The molecule has 7 nitrogen and oxygen atoms in total. The van der Waals surface area contributed by atoms with E-state index in [-0.39, 0.29) is 11.5 Å². The molecule has 3 aromatic rings. The van der Waals surface area contributed by atoms with Crippen LogP contribution in [0.25, 0.3) is 11.4 Å². The summed E-state index contributed by atoms with van der Waals surface area (Å²) in [6, 6.07) is 7.30. The average molecular weight is 347 g/mol. The van der Waals surface area contributed by atoms with Gasteiger partial charge in [-0.25, -0.2) is 4.98 Å². The molecule has 0 aliphatic rings. The van der Waals surface area contributed by atoms with Gasteiger partial charge in [0, 0.05) is 16.4 Å². The van der Waals surface area contributed by atoms with Crippen molar-refractivity contribution in [1.29, 1.82) is 0 Å². The molecule has 2 aromatic heterocycles. The number of benzene rings is 1. The van der Waals surface area contributed by atoms with Crippen molar-refractivity contribution >= 4 is 10.8 Å². The summed E-state index contributed by atoms with van der Waals surface area (Å²) in [7, 11) is 0.367. The molecule has 0 amide bonds. The van der Waals surface area contributed by atoms with Crippen molar-refractivity contribution in [1.82, 2.24) is 15.1 Å². The molecule has 0 radical (unpaired) electrons. The molecule has 1 aromatic carbocycles. The quantitative estimate of drug-likeness (QED) is 0.677. The lowest BCUT2D eigenvalue weighted by Gasteiger charge is -1.98. The number of aromatic nitrogens is 3. The molecule has 0 unspecified atom stereocenters. The summed E-state index contributed by atoms with van der Waals surface area (Å²) in [6.07, 6.45) is 0. The summed E-state index contributed by atoms with van der Waals surface area (Å²) >= 11 is 0. The highest BCUT2D eigenvalue weighted by molar-refractivity contribution is 7.83. The first kappa shape index (κ1) is 16.4. The van der Waals surface area contributed by atoms with Crippen LogP contribution in [0.2, 0.25) is 0 Å². The number of ether oxygens (including phenoxy) is 1. The van der Waals surface area contributed by atoms with E-state index in [1.807, 2.05) is 38.1 Å². The van der Waals surface area contributed by atoms with Gasteiger partial charge in [-0.3, -0.25) is 4.21 Å². The third-order valence-corrected chi connectivity index (χ3v) is 4.60. The Morgan fingerprint density at radius 1 is 1.08 bits per heavy atom. The van der Waals surface area contributed by atoms with Crippen LogP contribution in [0.4, 0.5) is 0 Å². The van der Waals surface area contributed by atoms with E-state index in [2.05, 4.69) is 15.1 Å². The molecular formula is C16H17N3O4S. The van der Waals surface area contributed by atoms with Crippen LogP contribution in [0, 0.1) is 13.8 Å². The number of aryl methyl sites for hydroxylation is 2. The summed E-state index contributed by atoms with van der Waals surface area (Å²) in [5.74, 6) is 3.09. The number of rotatable bonds is 6. The molecule has 0 N–H and O–H groups in total. The molecule has 0 saturated heterocycles. The maximum Gasteiger partial charge on any atom is 0.239 e. The third kappa shape index (κ3) is 3.70. The van der Waals surface area contributed by atoms with Crippen molar-refractivity contribution in [2.75, 3.05) is 7.11 Å². The average Bonchev–Trinajstić information content (AvgIpc) is 3.14. The van der Waals surface area contributed by atoms with Crippen molar-refractivity contribution in [2.45, 2.75) is 25.4 Å². The third-order valence-electron chi connectivity index (χ3n) is 3.46. The lowest BCUT2D eigenvalue weighted by atomic mass is 10.2. The van der Waals surface area contributed by atoms with Gasteiger partial charge in [0.15, 0.2) is 0 Å². The second-order valence-electron chi connectivity index (χ2n) is 5.22. The normalized spacial score (nSPS) is 12.3. The predicted molar refractivity (Wildman–Crippen MR) is 87.8 cm³/mol. The highest BCUT2D eigenvalue weighted by atomic mass is 32.2. The van der Waals surface area contributed by atoms with Gasteiger partial charge in [0.25, 0.3) is 0 Å². The smallest absolute Gasteiger partial charge is 0.239 e. The van der Waals surface area contributed by atoms with E-state index in [0.717, 1.165) is 22.8 Å². The summed E-state index contributed by atoms with van der Waals surface area (Å²) in [5, 5.41) is 3.92. The van der Waals surface area contributed by atoms with E-state index in [0.29, 0.717) is 17.6 Å². The highest BCUT2D eigenvalue weighted by Gasteiger charge is 2.15. The number of hydrogen-bond donors (Lipinski definition) is 0. The highest BCUT2D eigenvalue weighted by Crippen LogP contribution is 2.20. The van der Waals surface area contributed by atoms with Gasteiger partial charge in [-0.05, 0) is 38.1 Å². The van der Waals surface area contributed by atoms with Gasteiger partial charge in [0.2, 0.25) is 17.6 Å². The zero-order chi connectivity index (χ0) is 17.1. The van der Waals surface area contributed by atoms with Gasteiger partial charge in [-0.2, -0.15) is 4.98 Å². The maximum atomic E-state index is 12.2. The molecule has 0 saturated carbocycles. The molecular weight excluding hydrogens is 330 g/mol. The maximum absolute atomic E-state index is 12.2. The van der Waals surface area contributed by atoms with Crippen molar-refractivity contribution in [3.05, 3.63) is 47.5 Å². The molecule has 24 heavy (non-hydrogen) atoms. The van der Waals surface area contributed by atoms with Crippen LogP contribution in [-0.4, -0.2) is 26.4 Å². The fourth-order valence-corrected chi connectivity index (χ4v) is 2.99. The zero-order valence-corrected chi connectivity index (χ0v) is 14.4. The van der Waals surface area contributed by atoms with Gasteiger partial charge >= 0.3 is 0 Å². The second kappa shape index (κ2) is 6.96. The monoisotopic (exact) mass is 347 g/mol. The number of methoxy groups -OCH3 is 1. The molecule has 0 spiro atoms. The molecule has 0 aliphatic heterocycles. The topological polar surface area (TPSA) is 91.2 Å². The molecule has 8 heteroatoms. The predicted octanol–water partition coefficient (Wildman–Crippen LogP) is 2.80. The Morgan fingerprint density at radius 3 is 2.42 bits per heavy atom. The SMILES string of the molecule is COc1ccc(-c2noc(C[S@](=O)Cc3nc(C)c(C)o3)n2)cc1. The molecule has 3 rings (SSSR count). The first-order valence-electron chi connectivity index (χ1n) is 7.30. The molecule has 2 heterocycles. The molecule has 0 aliphatic carbocycles. The van der Waals surface area contributed by atoms with Crippen molar-refractivity contribution in [2.24, 2.45) is 0 Å². The van der Waals surface area contributed by atoms with Crippen LogP contribution in [0.5, 0.6) is 5.75 Å². The summed E-state index contributed by atoms with van der Waals surface area (Å²) < 4.78 is 27.9. The van der Waals surface area contributed by atoms with E-state index in [1.165, 1.54) is 0 Å². The first-order chi connectivity index (χ1) is 11.5. The van der Waals surface area contributed by atoms with Gasteiger partial charge in [0.05, 0.1) is 12.8 Å². The summed E-state index contributed by atoms with van der Waals surface area (Å²) in [4.78, 5) is 8.50. The Bertz CT molecular complexity index is 835. The first-order valence-corrected chi connectivity index (χ1v) is 8.79. The lowest BCUT2D eigenvalue weighted by molar-refractivity contribution is 0.390. The zero-order valence-electron chi connectivity index (χ0n) is 13.6. The fourth-order valence-electron chi connectivity index (χ4n) is 2.10. The molecule has 126 valence electrons. The van der Waals surface area contributed by atoms with E-state index < -0.39 is 10.8 Å². The Morgan fingerprint density at radius 2 is 1.79 bits per heavy atom. The van der Waals surface area contributed by atoms with E-state index in [4.69, 9.17) is 13.7 Å². The molecule has 1 atom stereocenters. The van der Waals surface area contributed by atoms with Crippen molar-refractivity contribution < 1.29 is 17.9 Å². The van der Waals surface area contributed by atoms with E-state index in [1.54, 1.807) is 7.11 Å². The minimum atomic E-state index is -1.24. The molecule has 0 bridgehead atoms. The van der Waals surface area contributed by atoms with Gasteiger partial charge in [0.1, 0.15) is 23.0 Å². The summed E-state index contributed by atoms with van der Waals surface area (Å²) in [5.41, 5.74) is 1.61. The summed E-state index contributed by atoms with van der Waals surface area (Å²) in [6.45, 7) is 3.68. The van der Waals surface area contributed by atoms with Gasteiger partial charge in [-0.1, -0.05) is 5.16 Å². The number of oxazole rings is 1. The minimum absolute atomic E-state index is 0.156.